The van der Waals surface area contributed by atoms with Crippen molar-refractivity contribution in [2.45, 2.75) is 31.8 Å². The third-order valence-corrected chi connectivity index (χ3v) is 3.47. The quantitative estimate of drug-likeness (QED) is 0.862. The molecule has 1 saturated heterocycles. The van der Waals surface area contributed by atoms with Gasteiger partial charge >= 0.3 is 0 Å². The van der Waals surface area contributed by atoms with Gasteiger partial charge in [0.15, 0.2) is 0 Å². The second kappa shape index (κ2) is 5.81. The minimum atomic E-state index is 0.217. The van der Waals surface area contributed by atoms with E-state index in [1.54, 1.807) is 0 Å². The highest BCUT2D eigenvalue weighted by molar-refractivity contribution is 5.37. The summed E-state index contributed by atoms with van der Waals surface area (Å²) in [7, 11) is 0. The van der Waals surface area contributed by atoms with Crippen molar-refractivity contribution in [3.8, 4) is 6.07 Å². The second-order valence-electron chi connectivity index (χ2n) is 4.57. The number of aliphatic hydroxyl groups excluding tert-OH is 1. The van der Waals surface area contributed by atoms with Crippen molar-refractivity contribution in [2.75, 3.05) is 13.2 Å². The molecule has 0 spiro atoms. The molecule has 0 saturated carbocycles. The number of hydrogen-bond acceptors (Lipinski definition) is 3. The van der Waals surface area contributed by atoms with E-state index in [0.29, 0.717) is 0 Å². The molecule has 0 amide bonds. The summed E-state index contributed by atoms with van der Waals surface area (Å²) in [6, 6.07) is 10.2. The van der Waals surface area contributed by atoms with E-state index in [1.807, 2.05) is 24.3 Å². The topological polar surface area (TPSA) is 47.3 Å². The van der Waals surface area contributed by atoms with Gasteiger partial charge in [0.05, 0.1) is 18.2 Å². The molecule has 0 aromatic heterocycles. The fourth-order valence-corrected chi connectivity index (χ4v) is 2.46. The molecule has 1 N–H and O–H groups in total. The van der Waals surface area contributed by atoms with Gasteiger partial charge < -0.3 is 5.11 Å². The lowest BCUT2D eigenvalue weighted by Crippen LogP contribution is -2.41. The van der Waals surface area contributed by atoms with Gasteiger partial charge in [-0.05, 0) is 31.0 Å². The molecule has 0 unspecified atom stereocenters. The Morgan fingerprint density at radius 2 is 2.18 bits per heavy atom. The summed E-state index contributed by atoms with van der Waals surface area (Å²) in [6.07, 6.45) is 3.44. The van der Waals surface area contributed by atoms with Crippen molar-refractivity contribution >= 4 is 0 Å². The van der Waals surface area contributed by atoms with Crippen molar-refractivity contribution < 1.29 is 5.11 Å². The molecule has 1 heterocycles. The fourth-order valence-electron chi connectivity index (χ4n) is 2.46. The monoisotopic (exact) mass is 230 g/mol. The first-order valence-electron chi connectivity index (χ1n) is 6.18. The molecule has 1 aliphatic rings. The molecule has 0 bridgehead atoms. The van der Waals surface area contributed by atoms with Crippen LogP contribution in [0.1, 0.15) is 30.4 Å². The summed E-state index contributed by atoms with van der Waals surface area (Å²) >= 11 is 0. The van der Waals surface area contributed by atoms with Crippen LogP contribution in [-0.4, -0.2) is 29.2 Å². The van der Waals surface area contributed by atoms with E-state index in [1.165, 1.54) is 12.8 Å². The zero-order valence-corrected chi connectivity index (χ0v) is 9.97. The van der Waals surface area contributed by atoms with Crippen molar-refractivity contribution in [2.24, 2.45) is 0 Å². The number of likely N-dealkylation sites (tertiary alicyclic amines) is 1. The summed E-state index contributed by atoms with van der Waals surface area (Å²) in [5.74, 6) is 0. The third-order valence-electron chi connectivity index (χ3n) is 3.47. The largest absolute Gasteiger partial charge is 0.395 e. The first-order chi connectivity index (χ1) is 8.35. The summed E-state index contributed by atoms with van der Waals surface area (Å²) in [6.45, 7) is 2.01. The maximum absolute atomic E-state index is 9.36. The van der Waals surface area contributed by atoms with Crippen molar-refractivity contribution in [1.29, 1.82) is 5.26 Å². The van der Waals surface area contributed by atoms with Crippen LogP contribution in [0.25, 0.3) is 0 Å². The highest BCUT2D eigenvalue weighted by Crippen LogP contribution is 2.20. The van der Waals surface area contributed by atoms with E-state index < -0.39 is 0 Å². The molecule has 1 aromatic rings. The predicted molar refractivity (Wildman–Crippen MR) is 66.3 cm³/mol. The van der Waals surface area contributed by atoms with Crippen molar-refractivity contribution in [3.05, 3.63) is 35.4 Å². The summed E-state index contributed by atoms with van der Waals surface area (Å²) in [4.78, 5) is 2.29. The summed E-state index contributed by atoms with van der Waals surface area (Å²) < 4.78 is 0. The number of piperidine rings is 1. The van der Waals surface area contributed by atoms with E-state index in [-0.39, 0.29) is 12.6 Å². The van der Waals surface area contributed by atoms with Crippen LogP contribution < -0.4 is 0 Å². The van der Waals surface area contributed by atoms with Crippen molar-refractivity contribution in [1.82, 2.24) is 4.90 Å². The Morgan fingerprint density at radius 1 is 1.35 bits per heavy atom. The van der Waals surface area contributed by atoms with E-state index in [4.69, 9.17) is 5.26 Å². The molecule has 1 fully saturated rings. The van der Waals surface area contributed by atoms with Gasteiger partial charge in [-0.25, -0.2) is 0 Å². The zero-order chi connectivity index (χ0) is 12.1. The van der Waals surface area contributed by atoms with Crippen LogP contribution in [0.3, 0.4) is 0 Å². The summed E-state index contributed by atoms with van der Waals surface area (Å²) in [5, 5.41) is 18.4. The lowest BCUT2D eigenvalue weighted by atomic mass is 10.0. The molecule has 90 valence electrons. The maximum Gasteiger partial charge on any atom is 0.0995 e. The Labute approximate surface area is 102 Å². The maximum atomic E-state index is 9.36. The number of nitrogens with zero attached hydrogens (tertiary/aromatic N) is 2. The average molecular weight is 230 g/mol. The van der Waals surface area contributed by atoms with Crippen LogP contribution in [0.4, 0.5) is 0 Å². The number of hydrogen-bond donors (Lipinski definition) is 1. The van der Waals surface area contributed by atoms with Crippen LogP contribution in [0.5, 0.6) is 0 Å². The summed E-state index contributed by atoms with van der Waals surface area (Å²) in [5.41, 5.74) is 1.81. The third kappa shape index (κ3) is 2.85. The molecular formula is C14H18N2O. The van der Waals surface area contributed by atoms with Gasteiger partial charge in [-0.3, -0.25) is 4.90 Å². The molecule has 0 aliphatic carbocycles. The van der Waals surface area contributed by atoms with E-state index in [2.05, 4.69) is 11.0 Å². The van der Waals surface area contributed by atoms with Gasteiger partial charge in [0, 0.05) is 12.6 Å². The Hall–Kier alpha value is -1.37. The van der Waals surface area contributed by atoms with Gasteiger partial charge in [-0.2, -0.15) is 5.26 Å². The molecule has 0 radical (unpaired) electrons. The second-order valence-corrected chi connectivity index (χ2v) is 4.57. The zero-order valence-electron chi connectivity index (χ0n) is 9.97. The molecule has 2 rings (SSSR count). The van der Waals surface area contributed by atoms with E-state index >= 15 is 0 Å². The first-order valence-corrected chi connectivity index (χ1v) is 6.18. The highest BCUT2D eigenvalue weighted by atomic mass is 16.3. The molecule has 1 aliphatic heterocycles. The first kappa shape index (κ1) is 12.1. The Morgan fingerprint density at radius 3 is 2.94 bits per heavy atom. The molecule has 17 heavy (non-hydrogen) atoms. The molecular weight excluding hydrogens is 212 g/mol. The average Bonchev–Trinajstić information content (AvgIpc) is 2.40. The Kier molecular flexibility index (Phi) is 4.13. The van der Waals surface area contributed by atoms with Gasteiger partial charge in [0.25, 0.3) is 0 Å². The van der Waals surface area contributed by atoms with Gasteiger partial charge in [-0.15, -0.1) is 0 Å². The number of benzene rings is 1. The smallest absolute Gasteiger partial charge is 0.0995 e. The molecule has 1 aromatic carbocycles. The fraction of sp³-hybridized carbons (Fsp3) is 0.500. The highest BCUT2D eigenvalue weighted by Gasteiger charge is 2.22. The predicted octanol–water partition coefficient (Wildman–Crippen LogP) is 1.91. The van der Waals surface area contributed by atoms with Crippen LogP contribution in [0, 0.1) is 11.3 Å². The molecule has 1 atom stereocenters. The van der Waals surface area contributed by atoms with E-state index in [9.17, 15) is 5.11 Å². The van der Waals surface area contributed by atoms with Crippen LogP contribution in [0.2, 0.25) is 0 Å². The molecule has 3 nitrogen and oxygen atoms in total. The van der Waals surface area contributed by atoms with Crippen LogP contribution >= 0.6 is 0 Å². The standard InChI is InChI=1S/C14H18N2O/c15-9-12-5-1-2-6-13(12)10-16-8-4-3-7-14(16)11-17/h1-2,5-6,14,17H,3-4,7-8,10-11H2/t14-/m0/s1. The Bertz CT molecular complexity index is 411. The minimum Gasteiger partial charge on any atom is -0.395 e. The lowest BCUT2D eigenvalue weighted by Gasteiger charge is -2.34. The number of nitriles is 1. The van der Waals surface area contributed by atoms with E-state index in [0.717, 1.165) is 30.6 Å². The SMILES string of the molecule is N#Cc1ccccc1CN1CCCC[C@H]1CO. The normalized spacial score (nSPS) is 21.1. The van der Waals surface area contributed by atoms with Crippen molar-refractivity contribution in [3.63, 3.8) is 0 Å². The van der Waals surface area contributed by atoms with Crippen LogP contribution in [-0.2, 0) is 6.54 Å². The Balaban J connectivity index is 2.11. The van der Waals surface area contributed by atoms with Crippen LogP contribution in [0.15, 0.2) is 24.3 Å². The van der Waals surface area contributed by atoms with Gasteiger partial charge in [0.1, 0.15) is 0 Å². The lowest BCUT2D eigenvalue weighted by molar-refractivity contribution is 0.0840. The molecule has 3 heteroatoms. The number of rotatable bonds is 3. The van der Waals surface area contributed by atoms with Gasteiger partial charge in [0.2, 0.25) is 0 Å². The minimum absolute atomic E-state index is 0.217. The van der Waals surface area contributed by atoms with Gasteiger partial charge in [-0.1, -0.05) is 24.6 Å². The number of aliphatic hydroxyl groups is 1.